The predicted molar refractivity (Wildman–Crippen MR) is 73.0 cm³/mol. The van der Waals surface area contributed by atoms with Crippen molar-refractivity contribution in [3.05, 3.63) is 28.3 Å². The molecule has 0 aliphatic heterocycles. The van der Waals surface area contributed by atoms with Crippen LogP contribution in [0.3, 0.4) is 0 Å². The Morgan fingerprint density at radius 2 is 1.95 bits per heavy atom. The molecule has 6 heteroatoms. The van der Waals surface area contributed by atoms with E-state index in [1.165, 1.54) is 12.1 Å². The van der Waals surface area contributed by atoms with Gasteiger partial charge in [0.15, 0.2) is 0 Å². The molecule has 1 rings (SSSR count). The Bertz CT molecular complexity index is 406. The molecule has 0 unspecified atom stereocenters. The van der Waals surface area contributed by atoms with E-state index in [9.17, 15) is 9.90 Å². The summed E-state index contributed by atoms with van der Waals surface area (Å²) in [6.45, 7) is 4.86. The summed E-state index contributed by atoms with van der Waals surface area (Å²) >= 11 is 5.75. The number of rotatable bonds is 6. The molecular weight excluding hydrogens is 272 g/mol. The minimum absolute atomic E-state index is 0.0794. The van der Waals surface area contributed by atoms with Gasteiger partial charge in [0.1, 0.15) is 11.3 Å². The van der Waals surface area contributed by atoms with E-state index in [2.05, 4.69) is 0 Å². The van der Waals surface area contributed by atoms with E-state index in [1.807, 2.05) is 13.8 Å². The Hall–Kier alpha value is -1.30. The highest BCUT2D eigenvalue weighted by Gasteiger charge is 2.15. The Kier molecular flexibility index (Phi) is 8.95. The van der Waals surface area contributed by atoms with Crippen LogP contribution in [0.15, 0.2) is 12.1 Å². The second kappa shape index (κ2) is 9.61. The highest BCUT2D eigenvalue weighted by Crippen LogP contribution is 2.27. The van der Waals surface area contributed by atoms with Crippen molar-refractivity contribution < 1.29 is 24.5 Å². The van der Waals surface area contributed by atoms with Crippen molar-refractivity contribution in [1.82, 2.24) is 0 Å². The Labute approximate surface area is 117 Å². The molecular formula is C13H19ClO5. The van der Waals surface area contributed by atoms with Gasteiger partial charge in [-0.15, -0.1) is 0 Å². The molecule has 0 spiro atoms. The van der Waals surface area contributed by atoms with E-state index in [1.54, 1.807) is 7.11 Å². The van der Waals surface area contributed by atoms with Crippen LogP contribution in [0.2, 0.25) is 5.02 Å². The first kappa shape index (κ1) is 17.7. The second-order valence-corrected chi connectivity index (χ2v) is 3.75. The summed E-state index contributed by atoms with van der Waals surface area (Å²) in [6, 6.07) is 2.66. The van der Waals surface area contributed by atoms with Crippen molar-refractivity contribution in [3.63, 3.8) is 0 Å². The monoisotopic (exact) mass is 290 g/mol. The minimum Gasteiger partial charge on any atom is -0.507 e. The normalized spacial score (nSPS) is 9.68. The van der Waals surface area contributed by atoms with Crippen LogP contribution in [-0.2, 0) is 16.1 Å². The number of hydrogen-bond acceptors (Lipinski definition) is 4. The number of carbonyl (C=O) groups is 1. The van der Waals surface area contributed by atoms with Crippen molar-refractivity contribution in [2.24, 2.45) is 0 Å². The number of aromatic carboxylic acids is 1. The summed E-state index contributed by atoms with van der Waals surface area (Å²) in [5.41, 5.74) is 0.105. The van der Waals surface area contributed by atoms with Crippen LogP contribution in [-0.4, -0.2) is 36.5 Å². The summed E-state index contributed by atoms with van der Waals surface area (Å²) < 4.78 is 9.98. The van der Waals surface area contributed by atoms with Gasteiger partial charge < -0.3 is 19.7 Å². The van der Waals surface area contributed by atoms with Crippen LogP contribution in [0.25, 0.3) is 0 Å². The second-order valence-electron chi connectivity index (χ2n) is 3.31. The van der Waals surface area contributed by atoms with Crippen LogP contribution in [0, 0.1) is 0 Å². The molecule has 0 amide bonds. The number of benzene rings is 1. The molecule has 1 aromatic rings. The molecule has 0 saturated carbocycles. The summed E-state index contributed by atoms with van der Waals surface area (Å²) in [6.07, 6.45) is 0. The molecule has 2 N–H and O–H groups in total. The third-order valence-corrected chi connectivity index (χ3v) is 2.29. The zero-order valence-corrected chi connectivity index (χ0v) is 12.0. The maximum absolute atomic E-state index is 10.8. The zero-order valence-electron chi connectivity index (χ0n) is 11.3. The summed E-state index contributed by atoms with van der Waals surface area (Å²) in [7, 11) is 1.54. The molecule has 5 nitrogen and oxygen atoms in total. The molecule has 0 heterocycles. The molecule has 0 aliphatic carbocycles. The van der Waals surface area contributed by atoms with Gasteiger partial charge in [0.05, 0.1) is 19.8 Å². The van der Waals surface area contributed by atoms with Crippen LogP contribution < -0.4 is 0 Å². The van der Waals surface area contributed by atoms with Gasteiger partial charge in [-0.2, -0.15) is 0 Å². The van der Waals surface area contributed by atoms with E-state index in [-0.39, 0.29) is 22.9 Å². The molecule has 0 atom stereocenters. The maximum Gasteiger partial charge on any atom is 0.339 e. The Balaban J connectivity index is 0.00000154. The third kappa shape index (κ3) is 5.92. The summed E-state index contributed by atoms with van der Waals surface area (Å²) in [5.74, 6) is -1.55. The Morgan fingerprint density at radius 3 is 2.47 bits per heavy atom. The summed E-state index contributed by atoms with van der Waals surface area (Å²) in [5, 5.41) is 18.8. The van der Waals surface area contributed by atoms with Crippen molar-refractivity contribution in [2.75, 3.05) is 20.3 Å². The average Bonchev–Trinajstić information content (AvgIpc) is 2.40. The highest BCUT2D eigenvalue weighted by molar-refractivity contribution is 6.31. The molecule has 0 aromatic heterocycles. The average molecular weight is 291 g/mol. The van der Waals surface area contributed by atoms with Gasteiger partial charge in [-0.3, -0.25) is 0 Å². The molecule has 108 valence electrons. The van der Waals surface area contributed by atoms with Gasteiger partial charge in [0.25, 0.3) is 0 Å². The van der Waals surface area contributed by atoms with Crippen LogP contribution in [0.4, 0.5) is 0 Å². The number of aromatic hydroxyl groups is 1. The van der Waals surface area contributed by atoms with Crippen molar-refractivity contribution in [2.45, 2.75) is 20.5 Å². The SMILES string of the molecule is CC.COCCOCc1cc(Cl)cc(C(=O)O)c1O. The van der Waals surface area contributed by atoms with Gasteiger partial charge >= 0.3 is 5.97 Å². The minimum atomic E-state index is -1.23. The lowest BCUT2D eigenvalue weighted by molar-refractivity contribution is 0.0604. The molecule has 0 aliphatic rings. The maximum atomic E-state index is 10.8. The zero-order chi connectivity index (χ0) is 14.8. The quantitative estimate of drug-likeness (QED) is 0.788. The molecule has 0 radical (unpaired) electrons. The van der Waals surface area contributed by atoms with Gasteiger partial charge in [-0.25, -0.2) is 4.79 Å². The first-order valence-corrected chi connectivity index (χ1v) is 6.25. The lowest BCUT2D eigenvalue weighted by Crippen LogP contribution is -2.04. The molecule has 0 saturated heterocycles. The van der Waals surface area contributed by atoms with Crippen LogP contribution in [0.5, 0.6) is 5.75 Å². The molecule has 19 heavy (non-hydrogen) atoms. The summed E-state index contributed by atoms with van der Waals surface area (Å²) in [4.78, 5) is 10.8. The third-order valence-electron chi connectivity index (χ3n) is 2.07. The van der Waals surface area contributed by atoms with E-state index >= 15 is 0 Å². The predicted octanol–water partition coefficient (Wildman–Crippen LogP) is 2.93. The van der Waals surface area contributed by atoms with Gasteiger partial charge in [0, 0.05) is 17.7 Å². The van der Waals surface area contributed by atoms with Gasteiger partial charge in [0.2, 0.25) is 0 Å². The smallest absolute Gasteiger partial charge is 0.339 e. The first-order chi connectivity index (χ1) is 9.06. The van der Waals surface area contributed by atoms with Crippen LogP contribution in [0.1, 0.15) is 29.8 Å². The highest BCUT2D eigenvalue weighted by atomic mass is 35.5. The van der Waals surface area contributed by atoms with E-state index in [0.29, 0.717) is 18.8 Å². The lowest BCUT2D eigenvalue weighted by Gasteiger charge is -2.09. The largest absolute Gasteiger partial charge is 0.507 e. The first-order valence-electron chi connectivity index (χ1n) is 5.87. The standard InChI is InChI=1S/C11H13ClO5.C2H6/c1-16-2-3-17-6-7-4-8(12)5-9(10(7)13)11(14)15;1-2/h4-5,13H,2-3,6H2,1H3,(H,14,15);1-2H3. The number of methoxy groups -OCH3 is 1. The number of halogens is 1. The van der Waals surface area contributed by atoms with E-state index in [4.69, 9.17) is 26.2 Å². The number of carboxylic acid groups (broad SMARTS) is 1. The van der Waals surface area contributed by atoms with Crippen molar-refractivity contribution in [3.8, 4) is 5.75 Å². The van der Waals surface area contributed by atoms with Crippen molar-refractivity contribution in [1.29, 1.82) is 0 Å². The van der Waals surface area contributed by atoms with E-state index < -0.39 is 5.97 Å². The lowest BCUT2D eigenvalue weighted by atomic mass is 10.1. The topological polar surface area (TPSA) is 76.0 Å². The number of phenols is 1. The number of ether oxygens (including phenoxy) is 2. The fourth-order valence-electron chi connectivity index (χ4n) is 1.25. The molecule has 0 fully saturated rings. The Morgan fingerprint density at radius 1 is 1.32 bits per heavy atom. The number of hydrogen-bond donors (Lipinski definition) is 2. The molecule has 1 aromatic carbocycles. The fraction of sp³-hybridized carbons (Fsp3) is 0.462. The molecule has 0 bridgehead atoms. The van der Waals surface area contributed by atoms with Gasteiger partial charge in [-0.05, 0) is 12.1 Å². The van der Waals surface area contributed by atoms with Crippen LogP contribution >= 0.6 is 11.6 Å². The van der Waals surface area contributed by atoms with Crippen molar-refractivity contribution >= 4 is 17.6 Å². The number of carboxylic acids is 1. The fourth-order valence-corrected chi connectivity index (χ4v) is 1.49. The van der Waals surface area contributed by atoms with E-state index in [0.717, 1.165) is 0 Å². The van der Waals surface area contributed by atoms with Gasteiger partial charge in [-0.1, -0.05) is 25.4 Å².